The molecule has 19 heavy (non-hydrogen) atoms. The van der Waals surface area contributed by atoms with Gasteiger partial charge in [0.25, 0.3) is 0 Å². The Morgan fingerprint density at radius 2 is 1.79 bits per heavy atom. The van der Waals surface area contributed by atoms with E-state index in [1.807, 2.05) is 38.1 Å². The molecule has 1 aromatic carbocycles. The van der Waals surface area contributed by atoms with Gasteiger partial charge in [-0.3, -0.25) is 10.2 Å². The van der Waals surface area contributed by atoms with Crippen molar-refractivity contribution in [3.05, 3.63) is 29.8 Å². The molecule has 0 saturated carbocycles. The molecule has 5 heteroatoms. The Labute approximate surface area is 118 Å². The molecule has 0 aliphatic rings. The summed E-state index contributed by atoms with van der Waals surface area (Å²) in [5.41, 5.74) is 1.87. The van der Waals surface area contributed by atoms with Crippen LogP contribution in [0.2, 0.25) is 0 Å². The number of carbonyl (C=O) groups is 1. The molecule has 1 N–H and O–H groups in total. The lowest BCUT2D eigenvalue weighted by Crippen LogP contribution is -2.12. The van der Waals surface area contributed by atoms with E-state index in [0.717, 1.165) is 0 Å². The van der Waals surface area contributed by atoms with Crippen molar-refractivity contribution in [1.82, 2.24) is 0 Å². The van der Waals surface area contributed by atoms with Gasteiger partial charge in [-0.25, -0.2) is 4.79 Å². The largest absolute Gasteiger partial charge is 0.437 e. The van der Waals surface area contributed by atoms with E-state index in [1.165, 1.54) is 5.56 Å². The van der Waals surface area contributed by atoms with E-state index in [4.69, 9.17) is 11.6 Å². The minimum Gasteiger partial charge on any atom is -0.297 e. The van der Waals surface area contributed by atoms with Gasteiger partial charge >= 0.3 is 6.09 Å². The molecule has 104 valence electrons. The second kappa shape index (κ2) is 7.14. The quantitative estimate of drug-likeness (QED) is 0.500. The lowest BCUT2D eigenvalue weighted by atomic mass is 10.0. The van der Waals surface area contributed by atoms with Crippen LogP contribution in [0.1, 0.15) is 39.2 Å². The van der Waals surface area contributed by atoms with Gasteiger partial charge in [0.15, 0.2) is 0 Å². The van der Waals surface area contributed by atoms with Gasteiger partial charge in [0.2, 0.25) is 0 Å². The Hall–Kier alpha value is -1.55. The van der Waals surface area contributed by atoms with E-state index in [0.29, 0.717) is 11.6 Å². The van der Waals surface area contributed by atoms with Gasteiger partial charge in [0, 0.05) is 11.6 Å². The molecule has 0 radical (unpaired) electrons. The highest BCUT2D eigenvalue weighted by molar-refractivity contribution is 6.65. The van der Waals surface area contributed by atoms with Crippen LogP contribution < -0.4 is 5.32 Å². The first-order valence-electron chi connectivity index (χ1n) is 6.21. The van der Waals surface area contributed by atoms with Crippen molar-refractivity contribution in [3.63, 3.8) is 0 Å². The van der Waals surface area contributed by atoms with Gasteiger partial charge in [-0.2, -0.15) is 0 Å². The van der Waals surface area contributed by atoms with E-state index in [1.54, 1.807) is 0 Å². The van der Waals surface area contributed by atoms with Crippen molar-refractivity contribution in [2.75, 3.05) is 5.32 Å². The van der Waals surface area contributed by atoms with Crippen LogP contribution >= 0.6 is 11.6 Å². The lowest BCUT2D eigenvalue weighted by molar-refractivity contribution is 0.166. The van der Waals surface area contributed by atoms with E-state index >= 15 is 0 Å². The van der Waals surface area contributed by atoms with Crippen molar-refractivity contribution >= 4 is 28.6 Å². The van der Waals surface area contributed by atoms with E-state index in [2.05, 4.69) is 29.2 Å². The number of benzene rings is 1. The number of hydrogen-bond donors (Lipinski definition) is 1. The van der Waals surface area contributed by atoms with Crippen molar-refractivity contribution in [2.45, 2.75) is 33.6 Å². The molecule has 0 aliphatic heterocycles. The van der Waals surface area contributed by atoms with Crippen molar-refractivity contribution in [3.8, 4) is 0 Å². The first kappa shape index (κ1) is 15.5. The lowest BCUT2D eigenvalue weighted by Gasteiger charge is -2.07. The minimum atomic E-state index is -0.656. The topological polar surface area (TPSA) is 50.7 Å². The summed E-state index contributed by atoms with van der Waals surface area (Å²) in [5.74, 6) is 0.482. The molecule has 0 atom stereocenters. The van der Waals surface area contributed by atoms with Crippen molar-refractivity contribution in [2.24, 2.45) is 11.1 Å². The minimum absolute atomic E-state index is 0.0276. The summed E-state index contributed by atoms with van der Waals surface area (Å²) in [6.45, 7) is 7.94. The molecule has 0 aromatic heterocycles. The van der Waals surface area contributed by atoms with Crippen molar-refractivity contribution < 1.29 is 9.63 Å². The van der Waals surface area contributed by atoms with Gasteiger partial charge in [-0.15, -0.1) is 0 Å². The molecular formula is C14H19ClN2O2. The third-order valence-corrected chi connectivity index (χ3v) is 3.02. The Bertz CT molecular complexity index is 453. The average Bonchev–Trinajstić information content (AvgIpc) is 2.36. The zero-order chi connectivity index (χ0) is 14.4. The number of oxime groups is 1. The van der Waals surface area contributed by atoms with E-state index < -0.39 is 6.09 Å². The Morgan fingerprint density at radius 3 is 2.26 bits per heavy atom. The monoisotopic (exact) mass is 282 g/mol. The number of halogens is 1. The number of hydrogen-bond acceptors (Lipinski definition) is 3. The zero-order valence-electron chi connectivity index (χ0n) is 11.6. The van der Waals surface area contributed by atoms with E-state index in [9.17, 15) is 4.79 Å². The van der Waals surface area contributed by atoms with Crippen LogP contribution in [0, 0.1) is 5.92 Å². The van der Waals surface area contributed by atoms with Crippen LogP contribution in [-0.4, -0.2) is 11.3 Å². The average molecular weight is 283 g/mol. The SMILES string of the molecule is CC(C)/C(Cl)=N\OC(=O)Nc1ccc(C(C)C)cc1. The molecular weight excluding hydrogens is 264 g/mol. The number of nitrogens with zero attached hydrogens (tertiary/aromatic N) is 1. The Kier molecular flexibility index (Phi) is 5.83. The summed E-state index contributed by atoms with van der Waals surface area (Å²) in [6, 6.07) is 7.57. The molecule has 0 bridgehead atoms. The first-order chi connectivity index (χ1) is 8.90. The van der Waals surface area contributed by atoms with Crippen LogP contribution in [0.4, 0.5) is 10.5 Å². The standard InChI is InChI=1S/C14H19ClN2O2/c1-9(2)11-5-7-12(8-6-11)16-14(18)19-17-13(15)10(3)4/h5-10H,1-4H3,(H,16,18)/b17-13+. The van der Waals surface area contributed by atoms with Gasteiger partial charge in [-0.05, 0) is 23.6 Å². The number of amides is 1. The van der Waals surface area contributed by atoms with Crippen LogP contribution in [0.15, 0.2) is 29.4 Å². The summed E-state index contributed by atoms with van der Waals surface area (Å²) in [6.07, 6.45) is -0.656. The number of nitrogens with one attached hydrogen (secondary N) is 1. The summed E-state index contributed by atoms with van der Waals surface area (Å²) < 4.78 is 0. The summed E-state index contributed by atoms with van der Waals surface area (Å²) in [4.78, 5) is 16.1. The third-order valence-electron chi connectivity index (χ3n) is 2.52. The van der Waals surface area contributed by atoms with Gasteiger partial charge in [0.1, 0.15) is 5.17 Å². The predicted octanol–water partition coefficient (Wildman–Crippen LogP) is 4.57. The van der Waals surface area contributed by atoms with Crippen LogP contribution in [-0.2, 0) is 4.84 Å². The molecule has 1 aromatic rings. The maximum atomic E-state index is 11.5. The normalized spacial score (nSPS) is 11.8. The first-order valence-corrected chi connectivity index (χ1v) is 6.59. The molecule has 4 nitrogen and oxygen atoms in total. The molecule has 0 fully saturated rings. The fraction of sp³-hybridized carbons (Fsp3) is 0.429. The van der Waals surface area contributed by atoms with Crippen LogP contribution in [0.5, 0.6) is 0 Å². The molecule has 1 rings (SSSR count). The molecule has 0 unspecified atom stereocenters. The smallest absolute Gasteiger partial charge is 0.297 e. The molecule has 0 spiro atoms. The molecule has 0 saturated heterocycles. The molecule has 0 heterocycles. The maximum Gasteiger partial charge on any atom is 0.437 e. The van der Waals surface area contributed by atoms with Crippen LogP contribution in [0.25, 0.3) is 0 Å². The highest BCUT2D eigenvalue weighted by atomic mass is 35.5. The van der Waals surface area contributed by atoms with Gasteiger partial charge in [-0.1, -0.05) is 56.6 Å². The maximum absolute atomic E-state index is 11.5. The Morgan fingerprint density at radius 1 is 1.21 bits per heavy atom. The predicted molar refractivity (Wildman–Crippen MR) is 78.8 cm³/mol. The summed E-state index contributed by atoms with van der Waals surface area (Å²) in [5, 5.41) is 6.37. The highest BCUT2D eigenvalue weighted by Crippen LogP contribution is 2.17. The number of anilines is 1. The van der Waals surface area contributed by atoms with Gasteiger partial charge in [0.05, 0.1) is 0 Å². The number of carbonyl (C=O) groups excluding carboxylic acids is 1. The second-order valence-electron chi connectivity index (χ2n) is 4.85. The number of rotatable bonds is 4. The Balaban J connectivity index is 2.55. The molecule has 1 amide bonds. The second-order valence-corrected chi connectivity index (χ2v) is 5.24. The van der Waals surface area contributed by atoms with E-state index in [-0.39, 0.29) is 11.1 Å². The highest BCUT2D eigenvalue weighted by Gasteiger charge is 2.06. The zero-order valence-corrected chi connectivity index (χ0v) is 12.4. The van der Waals surface area contributed by atoms with Gasteiger partial charge < -0.3 is 0 Å². The van der Waals surface area contributed by atoms with Crippen LogP contribution in [0.3, 0.4) is 0 Å². The fourth-order valence-corrected chi connectivity index (χ4v) is 1.32. The fourth-order valence-electron chi connectivity index (χ4n) is 1.28. The van der Waals surface area contributed by atoms with Crippen molar-refractivity contribution in [1.29, 1.82) is 0 Å². The summed E-state index contributed by atoms with van der Waals surface area (Å²) >= 11 is 5.76. The summed E-state index contributed by atoms with van der Waals surface area (Å²) in [7, 11) is 0. The molecule has 0 aliphatic carbocycles. The third kappa shape index (κ3) is 5.30.